The average molecular weight is 430 g/mol. The molecule has 1 aromatic carbocycles. The smallest absolute Gasteiger partial charge is 0.256 e. The quantitative estimate of drug-likeness (QED) is 0.518. The van der Waals surface area contributed by atoms with Gasteiger partial charge in [0.1, 0.15) is 11.6 Å². The number of hydrogen-bond donors (Lipinski definition) is 1. The topological polar surface area (TPSA) is 75.9 Å². The highest BCUT2D eigenvalue weighted by Crippen LogP contribution is 2.28. The summed E-state index contributed by atoms with van der Waals surface area (Å²) in [6.45, 7) is 2.86. The number of fused-ring (bicyclic) bond motifs is 1. The molecule has 0 radical (unpaired) electrons. The number of carbonyl (C=O) groups is 1. The number of halogens is 1. The lowest BCUT2D eigenvalue weighted by Crippen LogP contribution is -2.20. The second-order valence-electron chi connectivity index (χ2n) is 8.01. The van der Waals surface area contributed by atoms with Gasteiger partial charge in [-0.15, -0.1) is 0 Å². The number of nitrogens with zero attached hydrogens (tertiary/aromatic N) is 5. The van der Waals surface area contributed by atoms with Crippen LogP contribution in [0.4, 0.5) is 10.2 Å². The van der Waals surface area contributed by atoms with Gasteiger partial charge in [-0.2, -0.15) is 5.10 Å². The van der Waals surface area contributed by atoms with E-state index in [1.165, 1.54) is 25.1 Å². The number of benzene rings is 1. The Hall–Kier alpha value is -3.65. The van der Waals surface area contributed by atoms with Crippen LogP contribution in [0, 0.1) is 5.82 Å². The van der Waals surface area contributed by atoms with Crippen molar-refractivity contribution in [2.24, 2.45) is 7.05 Å². The number of pyridine rings is 2. The molecule has 32 heavy (non-hydrogen) atoms. The van der Waals surface area contributed by atoms with Crippen molar-refractivity contribution < 1.29 is 9.18 Å². The van der Waals surface area contributed by atoms with E-state index in [-0.39, 0.29) is 5.91 Å². The predicted molar refractivity (Wildman–Crippen MR) is 121 cm³/mol. The summed E-state index contributed by atoms with van der Waals surface area (Å²) in [5.74, 6) is -0.373. The Morgan fingerprint density at radius 2 is 1.91 bits per heavy atom. The molecule has 1 saturated heterocycles. The van der Waals surface area contributed by atoms with Gasteiger partial charge in [-0.3, -0.25) is 14.4 Å². The molecule has 0 bridgehead atoms. The number of aromatic nitrogens is 4. The van der Waals surface area contributed by atoms with Gasteiger partial charge >= 0.3 is 0 Å². The SMILES string of the molecule is Cn1ncc(-c2cc(F)c3cnc(NC(=O)c4ccccc4)cc3n2)c1CN1CCCC1. The van der Waals surface area contributed by atoms with E-state index in [1.807, 2.05) is 17.8 Å². The van der Waals surface area contributed by atoms with Crippen LogP contribution < -0.4 is 5.32 Å². The molecule has 1 fully saturated rings. The number of carbonyl (C=O) groups excluding carboxylic acids is 1. The first-order chi connectivity index (χ1) is 15.6. The molecule has 7 nitrogen and oxygen atoms in total. The normalized spacial score (nSPS) is 14.2. The van der Waals surface area contributed by atoms with Gasteiger partial charge in [0.25, 0.3) is 5.91 Å². The van der Waals surface area contributed by atoms with E-state index >= 15 is 0 Å². The highest BCUT2D eigenvalue weighted by Gasteiger charge is 2.19. The first kappa shape index (κ1) is 20.3. The fourth-order valence-corrected chi connectivity index (χ4v) is 4.08. The monoisotopic (exact) mass is 430 g/mol. The van der Waals surface area contributed by atoms with Crippen LogP contribution in [0.25, 0.3) is 22.2 Å². The maximum Gasteiger partial charge on any atom is 0.256 e. The molecular formula is C24H23FN6O. The van der Waals surface area contributed by atoms with Crippen molar-refractivity contribution in [1.82, 2.24) is 24.6 Å². The second kappa shape index (κ2) is 8.47. The summed E-state index contributed by atoms with van der Waals surface area (Å²) >= 11 is 0. The Balaban J connectivity index is 1.48. The van der Waals surface area contributed by atoms with Crippen LogP contribution in [0.2, 0.25) is 0 Å². The molecule has 162 valence electrons. The standard InChI is InChI=1S/C24H23FN6O/c1-30-22(15-31-9-5-6-10-31)18(14-27-30)20-11-19(25)17-13-26-23(12-21(17)28-20)29-24(32)16-7-3-2-4-8-16/h2-4,7-8,11-14H,5-6,9-10,15H2,1H3,(H,26,29,32). The molecule has 5 rings (SSSR count). The lowest BCUT2D eigenvalue weighted by molar-refractivity contribution is 0.102. The van der Waals surface area contributed by atoms with Gasteiger partial charge < -0.3 is 5.32 Å². The summed E-state index contributed by atoms with van der Waals surface area (Å²) in [5, 5.41) is 7.45. The Kier molecular flexibility index (Phi) is 5.36. The number of rotatable bonds is 5. The van der Waals surface area contributed by atoms with Gasteiger partial charge in [0.2, 0.25) is 0 Å². The Labute approximate surface area is 184 Å². The van der Waals surface area contributed by atoms with E-state index in [0.29, 0.717) is 28.0 Å². The van der Waals surface area contributed by atoms with Crippen molar-refractivity contribution in [3.8, 4) is 11.3 Å². The fraction of sp³-hybridized carbons (Fsp3) is 0.250. The maximum atomic E-state index is 14.9. The van der Waals surface area contributed by atoms with Crippen LogP contribution in [-0.4, -0.2) is 43.6 Å². The van der Waals surface area contributed by atoms with Crippen LogP contribution in [-0.2, 0) is 13.6 Å². The van der Waals surface area contributed by atoms with Crippen molar-refractivity contribution in [2.75, 3.05) is 18.4 Å². The maximum absolute atomic E-state index is 14.9. The van der Waals surface area contributed by atoms with Crippen LogP contribution in [0.5, 0.6) is 0 Å². The van der Waals surface area contributed by atoms with E-state index in [2.05, 4.69) is 20.3 Å². The second-order valence-corrected chi connectivity index (χ2v) is 8.01. The fourth-order valence-electron chi connectivity index (χ4n) is 4.08. The van der Waals surface area contributed by atoms with E-state index < -0.39 is 5.82 Å². The zero-order valence-electron chi connectivity index (χ0n) is 17.8. The van der Waals surface area contributed by atoms with Crippen LogP contribution in [0.3, 0.4) is 0 Å². The molecule has 1 N–H and O–H groups in total. The largest absolute Gasteiger partial charge is 0.307 e. The van der Waals surface area contributed by atoms with E-state index in [1.54, 1.807) is 36.5 Å². The summed E-state index contributed by atoms with van der Waals surface area (Å²) in [6.07, 6.45) is 5.52. The van der Waals surface area contributed by atoms with Crippen molar-refractivity contribution in [3.63, 3.8) is 0 Å². The number of aryl methyl sites for hydroxylation is 1. The Morgan fingerprint density at radius 3 is 2.69 bits per heavy atom. The average Bonchev–Trinajstić information content (AvgIpc) is 3.44. The van der Waals surface area contributed by atoms with Crippen LogP contribution in [0.1, 0.15) is 28.9 Å². The lowest BCUT2D eigenvalue weighted by atomic mass is 10.1. The first-order valence-corrected chi connectivity index (χ1v) is 10.6. The molecule has 0 spiro atoms. The summed E-state index contributed by atoms with van der Waals surface area (Å²) < 4.78 is 16.8. The molecule has 1 aliphatic rings. The third-order valence-electron chi connectivity index (χ3n) is 5.83. The van der Waals surface area contributed by atoms with Gasteiger partial charge in [0.15, 0.2) is 0 Å². The number of amides is 1. The van der Waals surface area contributed by atoms with Gasteiger partial charge in [0.05, 0.1) is 28.5 Å². The third-order valence-corrected chi connectivity index (χ3v) is 5.83. The molecular weight excluding hydrogens is 407 g/mol. The molecule has 1 aliphatic heterocycles. The number of hydrogen-bond acceptors (Lipinski definition) is 5. The molecule has 0 aliphatic carbocycles. The summed E-state index contributed by atoms with van der Waals surface area (Å²) in [7, 11) is 1.90. The third kappa shape index (κ3) is 3.97. The molecule has 0 atom stereocenters. The first-order valence-electron chi connectivity index (χ1n) is 10.6. The van der Waals surface area contributed by atoms with Crippen molar-refractivity contribution in [1.29, 1.82) is 0 Å². The molecule has 4 heterocycles. The number of likely N-dealkylation sites (tertiary alicyclic amines) is 1. The molecule has 0 saturated carbocycles. The molecule has 8 heteroatoms. The Bertz CT molecular complexity index is 1280. The highest BCUT2D eigenvalue weighted by molar-refractivity contribution is 6.04. The molecule has 0 unspecified atom stereocenters. The summed E-state index contributed by atoms with van der Waals surface area (Å²) in [6, 6.07) is 11.9. The number of nitrogens with one attached hydrogen (secondary N) is 1. The van der Waals surface area contributed by atoms with Crippen LogP contribution >= 0.6 is 0 Å². The molecule has 4 aromatic rings. The summed E-state index contributed by atoms with van der Waals surface area (Å²) in [5.41, 5.74) is 3.28. The minimum atomic E-state index is -0.408. The minimum Gasteiger partial charge on any atom is -0.307 e. The predicted octanol–water partition coefficient (Wildman–Crippen LogP) is 4.02. The van der Waals surface area contributed by atoms with Crippen molar-refractivity contribution in [2.45, 2.75) is 19.4 Å². The van der Waals surface area contributed by atoms with Crippen molar-refractivity contribution in [3.05, 3.63) is 71.9 Å². The zero-order valence-corrected chi connectivity index (χ0v) is 17.8. The van der Waals surface area contributed by atoms with E-state index in [4.69, 9.17) is 4.98 Å². The zero-order chi connectivity index (χ0) is 22.1. The van der Waals surface area contributed by atoms with Crippen molar-refractivity contribution >= 4 is 22.6 Å². The minimum absolute atomic E-state index is 0.283. The van der Waals surface area contributed by atoms with E-state index in [0.717, 1.165) is 30.9 Å². The summed E-state index contributed by atoms with van der Waals surface area (Å²) in [4.78, 5) is 23.7. The number of anilines is 1. The van der Waals surface area contributed by atoms with Gasteiger partial charge in [-0.25, -0.2) is 14.4 Å². The highest BCUT2D eigenvalue weighted by atomic mass is 19.1. The lowest BCUT2D eigenvalue weighted by Gasteiger charge is -2.16. The van der Waals surface area contributed by atoms with Gasteiger partial charge in [-0.1, -0.05) is 18.2 Å². The molecule has 1 amide bonds. The van der Waals surface area contributed by atoms with Crippen LogP contribution in [0.15, 0.2) is 54.9 Å². The van der Waals surface area contributed by atoms with E-state index in [9.17, 15) is 9.18 Å². The Morgan fingerprint density at radius 1 is 1.12 bits per heavy atom. The van der Waals surface area contributed by atoms with Gasteiger partial charge in [0, 0.05) is 43.0 Å². The molecule has 3 aromatic heterocycles. The van der Waals surface area contributed by atoms with Gasteiger partial charge in [-0.05, 0) is 38.1 Å².